The Morgan fingerprint density at radius 1 is 1.44 bits per heavy atom. The SMILES string of the molecule is [CH2-]C1CC([CH2-])N(C)C1.[Y]. The molecule has 2 atom stereocenters. The van der Waals surface area contributed by atoms with Gasteiger partial charge in [0.05, 0.1) is 0 Å². The minimum absolute atomic E-state index is 0. The molecule has 2 heteroatoms. The van der Waals surface area contributed by atoms with Crippen molar-refractivity contribution in [3.8, 4) is 0 Å². The van der Waals surface area contributed by atoms with E-state index in [4.69, 9.17) is 0 Å². The number of likely N-dealkylation sites (tertiary alicyclic amines) is 1. The van der Waals surface area contributed by atoms with Crippen molar-refractivity contribution in [2.75, 3.05) is 13.6 Å². The molecule has 0 amide bonds. The molecule has 1 rings (SSSR count). The quantitative estimate of drug-likeness (QED) is 0.526. The maximum atomic E-state index is 3.96. The number of hydrogen-bond donors (Lipinski definition) is 0. The summed E-state index contributed by atoms with van der Waals surface area (Å²) in [4.78, 5) is 2.25. The fraction of sp³-hybridized carbons (Fsp3) is 0.714. The zero-order chi connectivity index (χ0) is 6.15. The monoisotopic (exact) mass is 200 g/mol. The molecule has 0 spiro atoms. The van der Waals surface area contributed by atoms with Gasteiger partial charge in [-0.15, -0.1) is 6.04 Å². The molecule has 0 aromatic rings. The van der Waals surface area contributed by atoms with Crippen LogP contribution in [0.5, 0.6) is 0 Å². The smallest absolute Gasteiger partial charge is 0 e. The van der Waals surface area contributed by atoms with Crippen LogP contribution in [0.4, 0.5) is 0 Å². The van der Waals surface area contributed by atoms with Crippen LogP contribution in [-0.4, -0.2) is 24.5 Å². The summed E-state index contributed by atoms with van der Waals surface area (Å²) in [5.41, 5.74) is 0. The second-order valence-corrected chi connectivity index (χ2v) is 2.70. The summed E-state index contributed by atoms with van der Waals surface area (Å²) in [5, 5.41) is 0. The summed E-state index contributed by atoms with van der Waals surface area (Å²) in [5.74, 6) is 0.613. The third-order valence-electron chi connectivity index (χ3n) is 1.77. The Balaban J connectivity index is 0.000000640. The van der Waals surface area contributed by atoms with Crippen molar-refractivity contribution >= 4 is 0 Å². The van der Waals surface area contributed by atoms with Crippen LogP contribution in [0.3, 0.4) is 0 Å². The first-order valence-corrected chi connectivity index (χ1v) is 3.06. The Bertz CT molecular complexity index is 75.0. The van der Waals surface area contributed by atoms with Crippen molar-refractivity contribution in [1.82, 2.24) is 4.90 Å². The molecular weight excluding hydrogens is 187 g/mol. The Kier molecular flexibility index (Phi) is 4.53. The molecule has 1 heterocycles. The van der Waals surface area contributed by atoms with E-state index < -0.39 is 0 Å². The second kappa shape index (κ2) is 4.05. The molecule has 2 unspecified atom stereocenters. The van der Waals surface area contributed by atoms with Crippen LogP contribution in [0.2, 0.25) is 0 Å². The zero-order valence-electron chi connectivity index (χ0n) is 6.01. The molecule has 9 heavy (non-hydrogen) atoms. The predicted molar refractivity (Wildman–Crippen MR) is 35.2 cm³/mol. The molecule has 1 aliphatic rings. The van der Waals surface area contributed by atoms with Crippen molar-refractivity contribution < 1.29 is 32.7 Å². The minimum Gasteiger partial charge on any atom is -0.339 e. The van der Waals surface area contributed by atoms with Crippen LogP contribution in [0, 0.1) is 19.8 Å². The van der Waals surface area contributed by atoms with Crippen LogP contribution in [0.15, 0.2) is 0 Å². The summed E-state index contributed by atoms with van der Waals surface area (Å²) in [6.45, 7) is 9.03. The third-order valence-corrected chi connectivity index (χ3v) is 1.77. The van der Waals surface area contributed by atoms with E-state index in [9.17, 15) is 0 Å². The fourth-order valence-corrected chi connectivity index (χ4v) is 1.20. The number of hydrogen-bond acceptors (Lipinski definition) is 1. The van der Waals surface area contributed by atoms with Gasteiger partial charge in [0, 0.05) is 32.7 Å². The van der Waals surface area contributed by atoms with Crippen LogP contribution >= 0.6 is 0 Å². The molecule has 0 aliphatic carbocycles. The molecular formula is C7H13NY-2. The molecule has 51 valence electrons. The van der Waals surface area contributed by atoms with Gasteiger partial charge in [-0.25, -0.2) is 0 Å². The van der Waals surface area contributed by atoms with Gasteiger partial charge in [0.1, 0.15) is 0 Å². The summed E-state index contributed by atoms with van der Waals surface area (Å²) >= 11 is 0. The maximum absolute atomic E-state index is 3.96. The molecule has 0 aromatic heterocycles. The summed E-state index contributed by atoms with van der Waals surface area (Å²) in [6.07, 6.45) is 1.16. The van der Waals surface area contributed by atoms with Crippen molar-refractivity contribution in [3.63, 3.8) is 0 Å². The number of nitrogens with zero attached hydrogens (tertiary/aromatic N) is 1. The van der Waals surface area contributed by atoms with E-state index in [0.29, 0.717) is 12.0 Å². The van der Waals surface area contributed by atoms with Gasteiger partial charge in [0.15, 0.2) is 0 Å². The van der Waals surface area contributed by atoms with E-state index in [2.05, 4.69) is 25.8 Å². The predicted octanol–water partition coefficient (Wildman–Crippen LogP) is 0.972. The largest absolute Gasteiger partial charge is 0.339 e. The molecule has 1 nitrogen and oxygen atoms in total. The molecule has 0 bridgehead atoms. The van der Waals surface area contributed by atoms with Crippen molar-refractivity contribution in [3.05, 3.63) is 13.8 Å². The molecule has 0 N–H and O–H groups in total. The van der Waals surface area contributed by atoms with Gasteiger partial charge in [0.2, 0.25) is 0 Å². The van der Waals surface area contributed by atoms with Gasteiger partial charge in [-0.05, 0) is 13.6 Å². The molecule has 1 saturated heterocycles. The Labute approximate surface area is 83.1 Å². The molecule has 1 fully saturated rings. The summed E-state index contributed by atoms with van der Waals surface area (Å²) < 4.78 is 0. The second-order valence-electron chi connectivity index (χ2n) is 2.70. The topological polar surface area (TPSA) is 3.24 Å². The van der Waals surface area contributed by atoms with E-state index in [1.807, 2.05) is 0 Å². The van der Waals surface area contributed by atoms with E-state index >= 15 is 0 Å². The average molecular weight is 200 g/mol. The van der Waals surface area contributed by atoms with Crippen LogP contribution in [0.25, 0.3) is 0 Å². The van der Waals surface area contributed by atoms with Gasteiger partial charge < -0.3 is 18.7 Å². The normalized spacial score (nSPS) is 36.3. The summed E-state index contributed by atoms with van der Waals surface area (Å²) in [6, 6.07) is 0.512. The van der Waals surface area contributed by atoms with E-state index in [0.717, 1.165) is 13.0 Å². The molecule has 0 aromatic carbocycles. The van der Waals surface area contributed by atoms with E-state index in [1.165, 1.54) is 0 Å². The minimum atomic E-state index is 0. The Morgan fingerprint density at radius 2 is 2.00 bits per heavy atom. The van der Waals surface area contributed by atoms with Gasteiger partial charge >= 0.3 is 0 Å². The molecule has 1 radical (unpaired) electrons. The zero-order valence-corrected chi connectivity index (χ0v) is 8.85. The first-order chi connectivity index (χ1) is 3.70. The first-order valence-electron chi connectivity index (χ1n) is 3.06. The van der Waals surface area contributed by atoms with E-state index in [-0.39, 0.29) is 32.7 Å². The van der Waals surface area contributed by atoms with Crippen molar-refractivity contribution in [1.29, 1.82) is 0 Å². The van der Waals surface area contributed by atoms with Gasteiger partial charge in [-0.2, -0.15) is 5.92 Å². The third kappa shape index (κ3) is 2.65. The maximum Gasteiger partial charge on any atom is 0 e. The van der Waals surface area contributed by atoms with Crippen LogP contribution in [0.1, 0.15) is 6.42 Å². The van der Waals surface area contributed by atoms with Crippen LogP contribution < -0.4 is 0 Å². The first kappa shape index (κ1) is 10.1. The van der Waals surface area contributed by atoms with Crippen LogP contribution in [-0.2, 0) is 32.7 Å². The number of rotatable bonds is 0. The molecule has 0 saturated carbocycles. The van der Waals surface area contributed by atoms with Gasteiger partial charge in [0.25, 0.3) is 0 Å². The van der Waals surface area contributed by atoms with Crippen molar-refractivity contribution in [2.45, 2.75) is 12.5 Å². The molecule has 1 aliphatic heterocycles. The average Bonchev–Trinajstić information content (AvgIpc) is 1.85. The van der Waals surface area contributed by atoms with Gasteiger partial charge in [-0.1, -0.05) is 6.42 Å². The fourth-order valence-electron chi connectivity index (χ4n) is 1.20. The Hall–Kier alpha value is 1.06. The summed E-state index contributed by atoms with van der Waals surface area (Å²) in [7, 11) is 2.10. The standard InChI is InChI=1S/C7H13N.Y/c1-6-4-7(2)8(3)5-6;/h6-7H,1-2,4-5H2,3H3;/q-2;. The van der Waals surface area contributed by atoms with Gasteiger partial charge in [-0.3, -0.25) is 0 Å². The van der Waals surface area contributed by atoms with Crippen molar-refractivity contribution in [2.24, 2.45) is 5.92 Å². The Morgan fingerprint density at radius 3 is 2.11 bits per heavy atom. The van der Waals surface area contributed by atoms with E-state index in [1.54, 1.807) is 0 Å².